The highest BCUT2D eigenvalue weighted by molar-refractivity contribution is 14.1. The summed E-state index contributed by atoms with van der Waals surface area (Å²) in [5, 5.41) is 7.34. The third kappa shape index (κ3) is 5.38. The van der Waals surface area contributed by atoms with Gasteiger partial charge in [-0.3, -0.25) is 9.48 Å². The van der Waals surface area contributed by atoms with Crippen LogP contribution in [0.25, 0.3) is 0 Å². The maximum atomic E-state index is 12.2. The molecule has 1 amide bonds. The highest BCUT2D eigenvalue weighted by Crippen LogP contribution is 2.20. The van der Waals surface area contributed by atoms with Crippen LogP contribution in [0.1, 0.15) is 34.1 Å². The first-order valence-electron chi connectivity index (χ1n) is 8.89. The lowest BCUT2D eigenvalue weighted by Gasteiger charge is -2.06. The Labute approximate surface area is 185 Å². The third-order valence-electron chi connectivity index (χ3n) is 4.21. The van der Waals surface area contributed by atoms with Crippen molar-refractivity contribution >= 4 is 44.4 Å². The number of amides is 1. The lowest BCUT2D eigenvalue weighted by atomic mass is 10.3. The summed E-state index contributed by atoms with van der Waals surface area (Å²) in [7, 11) is 0. The predicted molar refractivity (Wildman–Crippen MR) is 119 cm³/mol. The van der Waals surface area contributed by atoms with Gasteiger partial charge in [-0.25, -0.2) is 0 Å². The molecule has 0 unspecified atom stereocenters. The van der Waals surface area contributed by atoms with E-state index >= 15 is 0 Å². The van der Waals surface area contributed by atoms with Crippen LogP contribution in [0.3, 0.4) is 0 Å². The van der Waals surface area contributed by atoms with Crippen molar-refractivity contribution in [3.05, 3.63) is 67.3 Å². The predicted octanol–water partition coefficient (Wildman–Crippen LogP) is 4.86. The molecule has 0 saturated heterocycles. The molecular formula is C20H21BrIN3O3. The zero-order valence-electron chi connectivity index (χ0n) is 15.7. The second-order valence-corrected chi connectivity index (χ2v) is 8.36. The Morgan fingerprint density at radius 2 is 2.00 bits per heavy atom. The van der Waals surface area contributed by atoms with E-state index in [1.807, 2.05) is 42.8 Å². The summed E-state index contributed by atoms with van der Waals surface area (Å²) in [6, 6.07) is 11.2. The van der Waals surface area contributed by atoms with Gasteiger partial charge in [-0.1, -0.05) is 0 Å². The third-order valence-corrected chi connectivity index (χ3v) is 6.07. The summed E-state index contributed by atoms with van der Waals surface area (Å²) in [6.45, 7) is 5.55. The lowest BCUT2D eigenvalue weighted by molar-refractivity contribution is 0.0921. The van der Waals surface area contributed by atoms with Gasteiger partial charge >= 0.3 is 0 Å². The number of hydrogen-bond donors (Lipinski definition) is 1. The van der Waals surface area contributed by atoms with E-state index in [-0.39, 0.29) is 18.3 Å². The number of aromatic nitrogens is 2. The summed E-state index contributed by atoms with van der Waals surface area (Å²) in [6.07, 6.45) is 0.781. The molecule has 2 heterocycles. The van der Waals surface area contributed by atoms with E-state index in [0.717, 1.165) is 38.1 Å². The molecule has 3 rings (SSSR count). The van der Waals surface area contributed by atoms with Crippen LogP contribution >= 0.6 is 38.5 Å². The molecular weight excluding hydrogens is 537 g/mol. The van der Waals surface area contributed by atoms with Crippen molar-refractivity contribution < 1.29 is 13.9 Å². The maximum absolute atomic E-state index is 12.2. The fraction of sp³-hybridized carbons (Fsp3) is 0.300. The maximum Gasteiger partial charge on any atom is 0.286 e. The van der Waals surface area contributed by atoms with Gasteiger partial charge in [0.2, 0.25) is 0 Å². The largest absolute Gasteiger partial charge is 0.486 e. The molecule has 1 N–H and O–H groups in total. The van der Waals surface area contributed by atoms with E-state index in [0.29, 0.717) is 12.3 Å². The van der Waals surface area contributed by atoms with Crippen LogP contribution in [-0.2, 0) is 13.2 Å². The number of hydrogen-bond acceptors (Lipinski definition) is 4. The number of furan rings is 1. The minimum atomic E-state index is -0.227. The van der Waals surface area contributed by atoms with Gasteiger partial charge in [0.25, 0.3) is 5.91 Å². The standard InChI is InChI=1S/C20H21BrIN3O3/c1-13-19(21)14(2)25(24-13)11-3-10-23-20(26)18-9-8-17(28-18)12-27-16-6-4-15(22)5-7-16/h4-9H,3,10-12H2,1-2H3,(H,23,26). The van der Waals surface area contributed by atoms with Gasteiger partial charge in [0.1, 0.15) is 18.1 Å². The number of carbonyl (C=O) groups is 1. The summed E-state index contributed by atoms with van der Waals surface area (Å²) in [5.41, 5.74) is 2.06. The Morgan fingerprint density at radius 1 is 1.25 bits per heavy atom. The summed E-state index contributed by atoms with van der Waals surface area (Å²) >= 11 is 5.76. The van der Waals surface area contributed by atoms with Crippen LogP contribution in [0.2, 0.25) is 0 Å². The highest BCUT2D eigenvalue weighted by Gasteiger charge is 2.12. The SMILES string of the molecule is Cc1nn(CCCNC(=O)c2ccc(COc3ccc(I)cc3)o2)c(C)c1Br. The minimum Gasteiger partial charge on any atom is -0.486 e. The van der Waals surface area contributed by atoms with E-state index < -0.39 is 0 Å². The van der Waals surface area contributed by atoms with Gasteiger partial charge in [0.15, 0.2) is 5.76 Å². The van der Waals surface area contributed by atoms with E-state index in [9.17, 15) is 4.79 Å². The Hall–Kier alpha value is -1.81. The number of nitrogens with zero attached hydrogens (tertiary/aromatic N) is 2. The number of carbonyl (C=O) groups excluding carboxylic acids is 1. The summed E-state index contributed by atoms with van der Waals surface area (Å²) in [5.74, 6) is 1.43. The molecule has 3 aromatic rings. The molecule has 0 radical (unpaired) electrons. The molecule has 1 aromatic carbocycles. The first-order valence-corrected chi connectivity index (χ1v) is 10.8. The Bertz CT molecular complexity index is 950. The second kappa shape index (κ2) is 9.60. The average molecular weight is 558 g/mol. The Kier molecular flexibility index (Phi) is 7.17. The van der Waals surface area contributed by atoms with Gasteiger partial charge in [0.05, 0.1) is 10.2 Å². The molecule has 8 heteroatoms. The quantitative estimate of drug-likeness (QED) is 0.317. The smallest absolute Gasteiger partial charge is 0.286 e. The molecule has 0 saturated carbocycles. The number of halogens is 2. The van der Waals surface area contributed by atoms with Crippen LogP contribution in [-0.4, -0.2) is 22.2 Å². The molecule has 2 aromatic heterocycles. The summed E-state index contributed by atoms with van der Waals surface area (Å²) in [4.78, 5) is 12.2. The van der Waals surface area contributed by atoms with Crippen LogP contribution in [0.5, 0.6) is 5.75 Å². The Balaban J connectivity index is 1.43. The number of rotatable bonds is 8. The van der Waals surface area contributed by atoms with Gasteiger partial charge in [-0.05, 0) is 95.2 Å². The summed E-state index contributed by atoms with van der Waals surface area (Å²) < 4.78 is 15.4. The number of nitrogens with one attached hydrogen (secondary N) is 1. The van der Waals surface area contributed by atoms with Gasteiger partial charge in [-0.15, -0.1) is 0 Å². The van der Waals surface area contributed by atoms with Crippen LogP contribution in [0, 0.1) is 17.4 Å². The molecule has 0 bridgehead atoms. The molecule has 0 spiro atoms. The topological polar surface area (TPSA) is 69.3 Å². The van der Waals surface area contributed by atoms with E-state index in [1.54, 1.807) is 12.1 Å². The molecule has 0 fully saturated rings. The number of aryl methyl sites for hydroxylation is 2. The molecule has 6 nitrogen and oxygen atoms in total. The number of ether oxygens (including phenoxy) is 1. The van der Waals surface area contributed by atoms with Crippen molar-refractivity contribution in [2.75, 3.05) is 6.54 Å². The Morgan fingerprint density at radius 3 is 2.68 bits per heavy atom. The zero-order valence-corrected chi connectivity index (χ0v) is 19.4. The van der Waals surface area contributed by atoms with Crippen molar-refractivity contribution in [1.29, 1.82) is 0 Å². The van der Waals surface area contributed by atoms with Gasteiger partial charge < -0.3 is 14.5 Å². The average Bonchev–Trinajstić information content (AvgIpc) is 3.26. The molecule has 0 aliphatic carbocycles. The van der Waals surface area contributed by atoms with E-state index in [1.165, 1.54) is 0 Å². The molecule has 148 valence electrons. The van der Waals surface area contributed by atoms with Crippen LogP contribution < -0.4 is 10.1 Å². The highest BCUT2D eigenvalue weighted by atomic mass is 127. The molecule has 28 heavy (non-hydrogen) atoms. The van der Waals surface area contributed by atoms with Crippen LogP contribution in [0.15, 0.2) is 45.3 Å². The van der Waals surface area contributed by atoms with E-state index in [4.69, 9.17) is 9.15 Å². The normalized spacial score (nSPS) is 10.9. The van der Waals surface area contributed by atoms with Crippen molar-refractivity contribution in [2.45, 2.75) is 33.4 Å². The fourth-order valence-corrected chi connectivity index (χ4v) is 3.32. The van der Waals surface area contributed by atoms with Crippen LogP contribution in [0.4, 0.5) is 0 Å². The van der Waals surface area contributed by atoms with Gasteiger partial charge in [0, 0.05) is 22.4 Å². The minimum absolute atomic E-state index is 0.227. The molecule has 0 atom stereocenters. The second-order valence-electron chi connectivity index (χ2n) is 6.33. The first-order chi connectivity index (χ1) is 13.4. The van der Waals surface area contributed by atoms with E-state index in [2.05, 4.69) is 48.9 Å². The van der Waals surface area contributed by atoms with Crippen molar-refractivity contribution in [2.24, 2.45) is 0 Å². The fourth-order valence-electron chi connectivity index (χ4n) is 2.67. The van der Waals surface area contributed by atoms with Crippen molar-refractivity contribution in [3.8, 4) is 5.75 Å². The first kappa shape index (κ1) is 20.9. The monoisotopic (exact) mass is 557 g/mol. The lowest BCUT2D eigenvalue weighted by Crippen LogP contribution is -2.25. The van der Waals surface area contributed by atoms with Crippen molar-refractivity contribution in [3.63, 3.8) is 0 Å². The number of benzene rings is 1. The molecule has 0 aliphatic rings. The van der Waals surface area contributed by atoms with Gasteiger partial charge in [-0.2, -0.15) is 5.10 Å². The zero-order chi connectivity index (χ0) is 20.1. The molecule has 0 aliphatic heterocycles. The van der Waals surface area contributed by atoms with Crippen molar-refractivity contribution in [1.82, 2.24) is 15.1 Å².